The molecule has 0 radical (unpaired) electrons. The quantitative estimate of drug-likeness (QED) is 0.477. The second kappa shape index (κ2) is 9.25. The van der Waals surface area contributed by atoms with Crippen LogP contribution < -0.4 is 10.1 Å². The Hall–Kier alpha value is -3.00. The lowest BCUT2D eigenvalue weighted by atomic mass is 9.49. The van der Waals surface area contributed by atoms with E-state index in [1.165, 1.54) is 11.1 Å². The van der Waals surface area contributed by atoms with Crippen LogP contribution >= 0.6 is 0 Å². The Morgan fingerprint density at radius 2 is 1.93 bits per heavy atom. The number of phenolic OH excluding ortho intramolecular Hbond substituents is 1. The maximum absolute atomic E-state index is 12.6. The Bertz CT molecular complexity index is 1500. The van der Waals surface area contributed by atoms with Gasteiger partial charge in [0.2, 0.25) is 0 Å². The number of likely N-dealkylation sites (tertiary alicyclic amines) is 1. The van der Waals surface area contributed by atoms with Crippen LogP contribution in [0.5, 0.6) is 11.5 Å². The highest BCUT2D eigenvalue weighted by atomic mass is 16.5. The van der Waals surface area contributed by atoms with Gasteiger partial charge in [-0.25, -0.2) is 0 Å². The molecular formula is C35H40N2O5. The third-order valence-corrected chi connectivity index (χ3v) is 12.1. The lowest BCUT2D eigenvalue weighted by molar-refractivity contribution is -0.187. The molecular weight excluding hydrogens is 528 g/mol. The molecule has 3 heterocycles. The number of aliphatic hydroxyl groups is 1. The van der Waals surface area contributed by atoms with Crippen LogP contribution in [0.1, 0.15) is 67.2 Å². The highest BCUT2D eigenvalue weighted by molar-refractivity contribution is 5.90. The number of nitrogens with one attached hydrogen (secondary N) is 1. The van der Waals surface area contributed by atoms with Crippen LogP contribution in [-0.4, -0.2) is 70.1 Å². The number of hydrogen-bond acceptors (Lipinski definition) is 7. The zero-order valence-electron chi connectivity index (χ0n) is 24.1. The van der Waals surface area contributed by atoms with Crippen molar-refractivity contribution >= 4 is 11.6 Å². The van der Waals surface area contributed by atoms with Gasteiger partial charge in [-0.3, -0.25) is 14.5 Å². The standard InChI is InChI=1S/C19H21NO4.C16H19NO/c1-2-8-20-9-7-18-15-11-3-4-12(21)16(15)24-17(18)13(22)5-6-19(18,23)14(20)10-11;18-12-5-6-14-15-9-11-3-1-2-4-13(11)16(14,10-12)7-8-17-15/h2-4,14,17,21,23H,1,5-10H2;1-4,14-15,17H,5-10H2/t14-,17+,18+,19-;14-,15+,16+/m10/s1. The number of carbonyl (C=O) groups is 2. The molecule has 2 aromatic carbocycles. The molecule has 42 heavy (non-hydrogen) atoms. The van der Waals surface area contributed by atoms with E-state index in [1.54, 1.807) is 6.07 Å². The average molecular weight is 569 g/mol. The lowest BCUT2D eigenvalue weighted by Gasteiger charge is -2.62. The van der Waals surface area contributed by atoms with Gasteiger partial charge in [-0.1, -0.05) is 36.4 Å². The summed E-state index contributed by atoms with van der Waals surface area (Å²) in [6, 6.07) is 12.9. The number of Topliss-reactive ketones (excluding diaryl/α,β-unsaturated/α-hetero) is 2. The Kier molecular flexibility index (Phi) is 5.86. The average Bonchev–Trinajstić information content (AvgIpc) is 3.34. The second-order valence-electron chi connectivity index (χ2n) is 13.7. The smallest absolute Gasteiger partial charge is 0.174 e. The number of rotatable bonds is 2. The van der Waals surface area contributed by atoms with Gasteiger partial charge in [-0.05, 0) is 73.7 Å². The van der Waals surface area contributed by atoms with Crippen molar-refractivity contribution in [3.8, 4) is 11.5 Å². The van der Waals surface area contributed by atoms with Crippen LogP contribution in [0, 0.1) is 5.92 Å². The molecule has 4 aliphatic carbocycles. The van der Waals surface area contributed by atoms with Crippen LogP contribution in [0.25, 0.3) is 0 Å². The van der Waals surface area contributed by atoms with E-state index in [0.717, 1.165) is 62.9 Å². The fourth-order valence-corrected chi connectivity index (χ4v) is 10.5. The van der Waals surface area contributed by atoms with Gasteiger partial charge in [0.1, 0.15) is 5.78 Å². The monoisotopic (exact) mass is 568 g/mol. The lowest BCUT2D eigenvalue weighted by Crippen LogP contribution is -2.76. The normalized spacial score (nSPS) is 38.7. The zero-order chi connectivity index (χ0) is 28.9. The van der Waals surface area contributed by atoms with E-state index in [-0.39, 0.29) is 23.0 Å². The first-order valence-corrected chi connectivity index (χ1v) is 15.8. The zero-order valence-corrected chi connectivity index (χ0v) is 24.1. The van der Waals surface area contributed by atoms with E-state index in [9.17, 15) is 19.8 Å². The first-order valence-electron chi connectivity index (χ1n) is 15.8. The van der Waals surface area contributed by atoms with E-state index in [2.05, 4.69) is 41.1 Å². The number of phenols is 1. The van der Waals surface area contributed by atoms with Gasteiger partial charge >= 0.3 is 0 Å². The topological polar surface area (TPSA) is 99.1 Å². The van der Waals surface area contributed by atoms with Crippen LogP contribution in [0.3, 0.4) is 0 Å². The molecule has 4 fully saturated rings. The summed E-state index contributed by atoms with van der Waals surface area (Å²) in [5, 5.41) is 25.8. The van der Waals surface area contributed by atoms with Crippen molar-refractivity contribution in [3.63, 3.8) is 0 Å². The molecule has 7 heteroatoms. The van der Waals surface area contributed by atoms with Gasteiger partial charge in [0.15, 0.2) is 23.4 Å². The molecule has 7 nitrogen and oxygen atoms in total. The molecule has 3 aliphatic heterocycles. The molecule has 9 rings (SSSR count). The molecule has 2 aromatic rings. The molecule has 1 spiro atoms. The molecule has 4 bridgehead atoms. The largest absolute Gasteiger partial charge is 0.504 e. The molecule has 7 atom stereocenters. The summed E-state index contributed by atoms with van der Waals surface area (Å²) < 4.78 is 5.98. The third-order valence-electron chi connectivity index (χ3n) is 12.1. The SMILES string of the molecule is C=CCN1CC[C@]23c4c5ccc(O)c4O[C@H]2C(=O)CC[C@@]3(O)[C@H]1C5.O=C1CC[C@H]2[C@H]3Cc4ccccc4[C@@]2(CCN3)C1. The van der Waals surface area contributed by atoms with E-state index < -0.39 is 17.1 Å². The number of carbonyl (C=O) groups excluding carboxylic acids is 2. The van der Waals surface area contributed by atoms with Gasteiger partial charge in [0.25, 0.3) is 0 Å². The summed E-state index contributed by atoms with van der Waals surface area (Å²) in [6.07, 6.45) is 8.30. The van der Waals surface area contributed by atoms with Crippen LogP contribution in [0.4, 0.5) is 0 Å². The van der Waals surface area contributed by atoms with Crippen LogP contribution in [0.15, 0.2) is 49.1 Å². The summed E-state index contributed by atoms with van der Waals surface area (Å²) in [5.41, 5.74) is 3.38. The number of benzene rings is 2. The Balaban J connectivity index is 0.000000132. The number of ether oxygens (including phenoxy) is 1. The van der Waals surface area contributed by atoms with Gasteiger partial charge in [0, 0.05) is 55.4 Å². The van der Waals surface area contributed by atoms with E-state index in [4.69, 9.17) is 4.74 Å². The van der Waals surface area contributed by atoms with Crippen LogP contribution in [0.2, 0.25) is 0 Å². The van der Waals surface area contributed by atoms with Gasteiger partial charge in [-0.2, -0.15) is 0 Å². The number of hydrogen-bond donors (Lipinski definition) is 3. The summed E-state index contributed by atoms with van der Waals surface area (Å²) in [6.45, 7) is 6.43. The Labute approximate surface area is 246 Å². The van der Waals surface area contributed by atoms with Crippen molar-refractivity contribution in [2.75, 3.05) is 19.6 Å². The van der Waals surface area contributed by atoms with Crippen molar-refractivity contribution in [2.24, 2.45) is 5.92 Å². The highest BCUT2D eigenvalue weighted by Crippen LogP contribution is 2.64. The molecule has 2 saturated heterocycles. The number of nitrogens with zero attached hydrogens (tertiary/aromatic N) is 1. The Morgan fingerprint density at radius 3 is 2.79 bits per heavy atom. The van der Waals surface area contributed by atoms with Crippen molar-refractivity contribution in [1.82, 2.24) is 10.2 Å². The second-order valence-corrected chi connectivity index (χ2v) is 13.7. The van der Waals surface area contributed by atoms with Gasteiger partial charge in [-0.15, -0.1) is 6.58 Å². The predicted octanol–water partition coefficient (Wildman–Crippen LogP) is 3.51. The predicted molar refractivity (Wildman–Crippen MR) is 158 cm³/mol. The summed E-state index contributed by atoms with van der Waals surface area (Å²) >= 11 is 0. The maximum Gasteiger partial charge on any atom is 0.174 e. The molecule has 220 valence electrons. The van der Waals surface area contributed by atoms with E-state index >= 15 is 0 Å². The van der Waals surface area contributed by atoms with Crippen molar-refractivity contribution in [1.29, 1.82) is 0 Å². The molecule has 3 N–H and O–H groups in total. The van der Waals surface area contributed by atoms with Gasteiger partial charge < -0.3 is 20.3 Å². The minimum atomic E-state index is -1.00. The fraction of sp³-hybridized carbons (Fsp3) is 0.543. The van der Waals surface area contributed by atoms with E-state index in [0.29, 0.717) is 49.2 Å². The number of ketones is 2. The highest BCUT2D eigenvalue weighted by Gasteiger charge is 2.73. The van der Waals surface area contributed by atoms with Gasteiger partial charge in [0.05, 0.1) is 11.0 Å². The summed E-state index contributed by atoms with van der Waals surface area (Å²) in [7, 11) is 0. The van der Waals surface area contributed by atoms with E-state index in [1.807, 2.05) is 12.1 Å². The number of piperidine rings is 2. The third kappa shape index (κ3) is 3.33. The molecule has 7 aliphatic rings. The minimum absolute atomic E-state index is 0.0408. The number of fused-ring (bicyclic) bond motifs is 1. The summed E-state index contributed by atoms with van der Waals surface area (Å²) in [5.74, 6) is 1.68. The van der Waals surface area contributed by atoms with Crippen LogP contribution in [-0.2, 0) is 33.3 Å². The maximum atomic E-state index is 12.6. The molecule has 0 amide bonds. The fourth-order valence-electron chi connectivity index (χ4n) is 10.5. The minimum Gasteiger partial charge on any atom is -0.504 e. The van der Waals surface area contributed by atoms with Crippen molar-refractivity contribution < 1.29 is 24.5 Å². The molecule has 0 unspecified atom stereocenters. The van der Waals surface area contributed by atoms with Crippen molar-refractivity contribution in [3.05, 3.63) is 71.3 Å². The first-order chi connectivity index (χ1) is 20.3. The summed E-state index contributed by atoms with van der Waals surface area (Å²) in [4.78, 5) is 26.9. The van der Waals surface area contributed by atoms with Crippen molar-refractivity contribution in [2.45, 2.75) is 92.4 Å². The first kappa shape index (κ1) is 26.6. The molecule has 2 saturated carbocycles. The Morgan fingerprint density at radius 1 is 1.07 bits per heavy atom. The molecule has 0 aromatic heterocycles. The number of aromatic hydroxyl groups is 1.